The topological polar surface area (TPSA) is 116 Å². The lowest BCUT2D eigenvalue weighted by atomic mass is 10.1. The van der Waals surface area contributed by atoms with Crippen molar-refractivity contribution < 1.29 is 19.1 Å². The zero-order valence-electron chi connectivity index (χ0n) is 16.5. The fourth-order valence-electron chi connectivity index (χ4n) is 2.69. The van der Waals surface area contributed by atoms with Gasteiger partial charge in [0.1, 0.15) is 0 Å². The number of rotatable bonds is 9. The predicted molar refractivity (Wildman–Crippen MR) is 110 cm³/mol. The number of benzene rings is 2. The van der Waals surface area contributed by atoms with Crippen LogP contribution in [-0.4, -0.2) is 28.9 Å². The summed E-state index contributed by atoms with van der Waals surface area (Å²) in [4.78, 5) is 31.2. The third-order valence-corrected chi connectivity index (χ3v) is 4.32. The van der Waals surface area contributed by atoms with Crippen LogP contribution in [0.15, 0.2) is 60.9 Å². The number of ether oxygens (including phenoxy) is 2. The number of methoxy groups -OCH3 is 1. The van der Waals surface area contributed by atoms with Gasteiger partial charge in [0.25, 0.3) is 5.91 Å². The van der Waals surface area contributed by atoms with Gasteiger partial charge in [-0.2, -0.15) is 0 Å². The van der Waals surface area contributed by atoms with Gasteiger partial charge in [-0.15, -0.1) is 0 Å². The Hall–Kier alpha value is -3.94. The van der Waals surface area contributed by atoms with Crippen LogP contribution in [0.4, 0.5) is 0 Å². The van der Waals surface area contributed by atoms with Gasteiger partial charge < -0.3 is 20.5 Å². The van der Waals surface area contributed by atoms with Crippen LogP contribution in [0.2, 0.25) is 0 Å². The van der Waals surface area contributed by atoms with E-state index >= 15 is 0 Å². The van der Waals surface area contributed by atoms with E-state index in [2.05, 4.69) is 15.3 Å². The minimum atomic E-state index is -0.619. The number of nitrogens with one attached hydrogen (secondary N) is 1. The maximum Gasteiger partial charge on any atom is 0.322 e. The van der Waals surface area contributed by atoms with Crippen LogP contribution in [0, 0.1) is 0 Å². The molecular formula is C22H22N4O4. The van der Waals surface area contributed by atoms with Crippen LogP contribution in [0.25, 0.3) is 0 Å². The molecule has 8 nitrogen and oxygen atoms in total. The molecule has 0 spiro atoms. The number of carbonyl (C=O) groups is 2. The van der Waals surface area contributed by atoms with E-state index < -0.39 is 5.91 Å². The summed E-state index contributed by atoms with van der Waals surface area (Å²) < 4.78 is 11.0. The molecule has 30 heavy (non-hydrogen) atoms. The molecule has 0 saturated heterocycles. The maximum atomic E-state index is 12.2. The molecule has 0 bridgehead atoms. The van der Waals surface area contributed by atoms with Crippen molar-refractivity contribution in [3.8, 4) is 17.5 Å². The van der Waals surface area contributed by atoms with Crippen LogP contribution in [0.3, 0.4) is 0 Å². The van der Waals surface area contributed by atoms with Crippen LogP contribution >= 0.6 is 0 Å². The monoisotopic (exact) mass is 406 g/mol. The van der Waals surface area contributed by atoms with E-state index in [1.165, 1.54) is 19.5 Å². The standard InChI is InChI=1S/C22H22N4O4/c1-29-18-9-7-15(8-10-20(27)24-12-16-5-3-2-4-6-16)11-19(18)30-22-25-13-17(14-26-22)21(23)28/h2-7,9,11,13-14H,8,10,12H2,1H3,(H2,23,28)(H,24,27). The number of aryl methyl sites for hydroxylation is 1. The Kier molecular flexibility index (Phi) is 6.94. The lowest BCUT2D eigenvalue weighted by Crippen LogP contribution is -2.22. The Bertz CT molecular complexity index is 1010. The van der Waals surface area contributed by atoms with Gasteiger partial charge in [0.05, 0.1) is 12.7 Å². The fraction of sp³-hybridized carbons (Fsp3) is 0.182. The highest BCUT2D eigenvalue weighted by Crippen LogP contribution is 2.31. The SMILES string of the molecule is COc1ccc(CCC(=O)NCc2ccccc2)cc1Oc1ncc(C(N)=O)cn1. The van der Waals surface area contributed by atoms with Gasteiger partial charge in [-0.05, 0) is 29.7 Å². The minimum Gasteiger partial charge on any atom is -0.493 e. The first kappa shape index (κ1) is 20.8. The summed E-state index contributed by atoms with van der Waals surface area (Å²) in [5.41, 5.74) is 7.31. The summed E-state index contributed by atoms with van der Waals surface area (Å²) in [7, 11) is 1.52. The highest BCUT2D eigenvalue weighted by Gasteiger charge is 2.11. The summed E-state index contributed by atoms with van der Waals surface area (Å²) in [6.07, 6.45) is 3.45. The van der Waals surface area contributed by atoms with Crippen molar-refractivity contribution in [2.45, 2.75) is 19.4 Å². The van der Waals surface area contributed by atoms with Gasteiger partial charge in [-0.1, -0.05) is 36.4 Å². The molecule has 2 aromatic carbocycles. The fourth-order valence-corrected chi connectivity index (χ4v) is 2.69. The molecule has 0 unspecified atom stereocenters. The first-order chi connectivity index (χ1) is 14.5. The summed E-state index contributed by atoms with van der Waals surface area (Å²) in [5.74, 6) is 0.246. The average molecular weight is 406 g/mol. The second-order valence-electron chi connectivity index (χ2n) is 6.47. The zero-order chi connectivity index (χ0) is 21.3. The largest absolute Gasteiger partial charge is 0.493 e. The first-order valence-corrected chi connectivity index (χ1v) is 9.32. The van der Waals surface area contributed by atoms with Gasteiger partial charge in [-0.25, -0.2) is 9.97 Å². The Balaban J connectivity index is 1.60. The Morgan fingerprint density at radius 3 is 2.40 bits per heavy atom. The summed E-state index contributed by atoms with van der Waals surface area (Å²) in [6, 6.07) is 15.2. The first-order valence-electron chi connectivity index (χ1n) is 9.32. The van der Waals surface area contributed by atoms with Crippen molar-refractivity contribution in [3.63, 3.8) is 0 Å². The molecule has 3 rings (SSSR count). The van der Waals surface area contributed by atoms with E-state index in [-0.39, 0.29) is 17.5 Å². The molecule has 154 valence electrons. The van der Waals surface area contributed by atoms with E-state index in [1.54, 1.807) is 12.1 Å². The third-order valence-electron chi connectivity index (χ3n) is 4.32. The molecule has 8 heteroatoms. The van der Waals surface area contributed by atoms with Crippen molar-refractivity contribution in [1.29, 1.82) is 0 Å². The van der Waals surface area contributed by atoms with Crippen LogP contribution < -0.4 is 20.5 Å². The molecule has 1 aromatic heterocycles. The van der Waals surface area contributed by atoms with E-state index in [4.69, 9.17) is 15.2 Å². The van der Waals surface area contributed by atoms with Crippen molar-refractivity contribution in [2.75, 3.05) is 7.11 Å². The molecule has 0 aliphatic rings. The van der Waals surface area contributed by atoms with E-state index in [1.807, 2.05) is 36.4 Å². The second-order valence-corrected chi connectivity index (χ2v) is 6.47. The molecule has 0 fully saturated rings. The molecule has 0 saturated carbocycles. The smallest absolute Gasteiger partial charge is 0.322 e. The predicted octanol–water partition coefficient (Wildman–Crippen LogP) is 2.63. The van der Waals surface area contributed by atoms with Crippen molar-refractivity contribution >= 4 is 11.8 Å². The Morgan fingerprint density at radius 2 is 1.73 bits per heavy atom. The number of carbonyl (C=O) groups excluding carboxylic acids is 2. The van der Waals surface area contributed by atoms with Gasteiger partial charge in [0, 0.05) is 25.4 Å². The molecule has 0 aliphatic heterocycles. The van der Waals surface area contributed by atoms with Gasteiger partial charge in [0.2, 0.25) is 5.91 Å². The number of amides is 2. The quantitative estimate of drug-likeness (QED) is 0.564. The molecule has 3 N–H and O–H groups in total. The van der Waals surface area contributed by atoms with Gasteiger partial charge in [0.15, 0.2) is 11.5 Å². The minimum absolute atomic E-state index is 0.0393. The van der Waals surface area contributed by atoms with E-state index in [0.29, 0.717) is 30.9 Å². The second kappa shape index (κ2) is 10.0. The number of hydrogen-bond donors (Lipinski definition) is 2. The number of nitrogens with zero attached hydrogens (tertiary/aromatic N) is 2. The molecular weight excluding hydrogens is 384 g/mol. The number of hydrogen-bond acceptors (Lipinski definition) is 6. The molecule has 0 radical (unpaired) electrons. The number of nitrogens with two attached hydrogens (primary N) is 1. The molecule has 2 amide bonds. The van der Waals surface area contributed by atoms with Crippen molar-refractivity contribution in [3.05, 3.63) is 77.6 Å². The maximum absolute atomic E-state index is 12.2. The molecule has 0 atom stereocenters. The Morgan fingerprint density at radius 1 is 1.00 bits per heavy atom. The summed E-state index contributed by atoms with van der Waals surface area (Å²) in [6.45, 7) is 0.495. The molecule has 3 aromatic rings. The lowest BCUT2D eigenvalue weighted by Gasteiger charge is -2.11. The highest BCUT2D eigenvalue weighted by atomic mass is 16.5. The van der Waals surface area contributed by atoms with Gasteiger partial charge in [-0.3, -0.25) is 9.59 Å². The molecule has 1 heterocycles. The van der Waals surface area contributed by atoms with E-state index in [0.717, 1.165) is 11.1 Å². The lowest BCUT2D eigenvalue weighted by molar-refractivity contribution is -0.121. The van der Waals surface area contributed by atoms with E-state index in [9.17, 15) is 9.59 Å². The normalized spacial score (nSPS) is 10.3. The summed E-state index contributed by atoms with van der Waals surface area (Å²) >= 11 is 0. The van der Waals surface area contributed by atoms with Crippen molar-refractivity contribution in [2.24, 2.45) is 5.73 Å². The molecule has 0 aliphatic carbocycles. The third kappa shape index (κ3) is 5.78. The Labute approximate surface area is 174 Å². The van der Waals surface area contributed by atoms with Crippen LogP contribution in [0.5, 0.6) is 17.5 Å². The zero-order valence-corrected chi connectivity index (χ0v) is 16.5. The average Bonchev–Trinajstić information content (AvgIpc) is 2.77. The summed E-state index contributed by atoms with van der Waals surface area (Å²) in [5, 5.41) is 2.91. The number of aromatic nitrogens is 2. The van der Waals surface area contributed by atoms with Crippen LogP contribution in [0.1, 0.15) is 27.9 Å². The highest BCUT2D eigenvalue weighted by molar-refractivity contribution is 5.92. The van der Waals surface area contributed by atoms with Crippen molar-refractivity contribution in [1.82, 2.24) is 15.3 Å². The van der Waals surface area contributed by atoms with Gasteiger partial charge >= 0.3 is 6.01 Å². The van der Waals surface area contributed by atoms with Crippen LogP contribution in [-0.2, 0) is 17.8 Å². The number of primary amides is 1.